The van der Waals surface area contributed by atoms with Gasteiger partial charge in [-0.2, -0.15) is 0 Å². The number of rotatable bonds is 7. The highest BCUT2D eigenvalue weighted by atomic mass is 79.9. The van der Waals surface area contributed by atoms with E-state index in [0.717, 1.165) is 42.8 Å². The summed E-state index contributed by atoms with van der Waals surface area (Å²) in [4.78, 5) is 41.0. The summed E-state index contributed by atoms with van der Waals surface area (Å²) in [6.07, 6.45) is 3.25. The lowest BCUT2D eigenvalue weighted by Gasteiger charge is -2.49. The summed E-state index contributed by atoms with van der Waals surface area (Å²) in [5.74, 6) is -0.850. The number of hydrogen-bond donors (Lipinski definition) is 1. The van der Waals surface area contributed by atoms with Gasteiger partial charge >= 0.3 is 5.97 Å². The van der Waals surface area contributed by atoms with Crippen LogP contribution < -0.4 is 9.47 Å². The fourth-order valence-corrected chi connectivity index (χ4v) is 6.63. The third kappa shape index (κ3) is 5.22. The van der Waals surface area contributed by atoms with Crippen LogP contribution in [0.4, 0.5) is 0 Å². The van der Waals surface area contributed by atoms with Crippen LogP contribution in [0.25, 0.3) is 0 Å². The number of halogens is 1. The number of Topliss-reactive ketones (excluding diaryl/α,β-unsaturated/α-hetero) is 2. The number of benzene rings is 1. The summed E-state index contributed by atoms with van der Waals surface area (Å²) in [6, 6.07) is 3.60. The molecule has 37 heavy (non-hydrogen) atoms. The van der Waals surface area contributed by atoms with Gasteiger partial charge in [-0.05, 0) is 63.7 Å². The average Bonchev–Trinajstić information content (AvgIpc) is 2.77. The molecular formula is C29H36BrNO6. The van der Waals surface area contributed by atoms with Crippen LogP contribution >= 0.6 is 15.9 Å². The Balaban J connectivity index is 1.97. The van der Waals surface area contributed by atoms with E-state index in [1.807, 2.05) is 6.07 Å². The second kappa shape index (κ2) is 9.93. The van der Waals surface area contributed by atoms with E-state index >= 15 is 0 Å². The molecule has 1 heterocycles. The van der Waals surface area contributed by atoms with Crippen LogP contribution in [0.3, 0.4) is 0 Å². The lowest BCUT2D eigenvalue weighted by molar-refractivity contribution is -0.139. The van der Waals surface area contributed by atoms with Crippen LogP contribution in [0, 0.1) is 10.8 Å². The Hall–Kier alpha value is -2.61. The van der Waals surface area contributed by atoms with Gasteiger partial charge in [0.05, 0.1) is 11.6 Å². The topological polar surface area (TPSA) is 93.1 Å². The number of aliphatic carboxylic acids is 1. The molecule has 1 aromatic rings. The lowest BCUT2D eigenvalue weighted by atomic mass is 9.63. The summed E-state index contributed by atoms with van der Waals surface area (Å²) >= 11 is 3.52. The van der Waals surface area contributed by atoms with Gasteiger partial charge in [0.15, 0.2) is 29.7 Å². The van der Waals surface area contributed by atoms with Crippen LogP contribution in [-0.2, 0) is 14.4 Å². The highest BCUT2D eigenvalue weighted by Gasteiger charge is 2.49. The normalized spacial score (nSPS) is 21.1. The van der Waals surface area contributed by atoms with Crippen molar-refractivity contribution in [2.75, 3.05) is 20.3 Å². The van der Waals surface area contributed by atoms with Gasteiger partial charge in [-0.3, -0.25) is 9.59 Å². The van der Waals surface area contributed by atoms with Crippen molar-refractivity contribution in [3.63, 3.8) is 0 Å². The van der Waals surface area contributed by atoms with Crippen molar-refractivity contribution >= 4 is 33.5 Å². The predicted molar refractivity (Wildman–Crippen MR) is 144 cm³/mol. The van der Waals surface area contributed by atoms with Gasteiger partial charge in [0.2, 0.25) is 0 Å². The zero-order valence-electron chi connectivity index (χ0n) is 22.5. The Morgan fingerprint density at radius 3 is 2.03 bits per heavy atom. The van der Waals surface area contributed by atoms with Crippen molar-refractivity contribution in [2.45, 2.75) is 72.6 Å². The summed E-state index contributed by atoms with van der Waals surface area (Å²) in [7, 11) is 1.49. The van der Waals surface area contributed by atoms with E-state index in [9.17, 15) is 14.4 Å². The summed E-state index contributed by atoms with van der Waals surface area (Å²) in [6.45, 7) is 10.9. The maximum absolute atomic E-state index is 13.8. The third-order valence-corrected chi connectivity index (χ3v) is 7.98. The number of ketones is 2. The highest BCUT2D eigenvalue weighted by molar-refractivity contribution is 9.10. The lowest BCUT2D eigenvalue weighted by Crippen LogP contribution is -2.44. The first-order valence-corrected chi connectivity index (χ1v) is 13.6. The van der Waals surface area contributed by atoms with Gasteiger partial charge in [-0.1, -0.05) is 34.6 Å². The molecule has 4 rings (SSSR count). The smallest absolute Gasteiger partial charge is 0.341 e. The van der Waals surface area contributed by atoms with Gasteiger partial charge in [-0.15, -0.1) is 0 Å². The predicted octanol–water partition coefficient (Wildman–Crippen LogP) is 6.02. The largest absolute Gasteiger partial charge is 0.493 e. The maximum atomic E-state index is 13.8. The third-order valence-electron chi connectivity index (χ3n) is 7.39. The fourth-order valence-electron chi connectivity index (χ4n) is 6.06. The Morgan fingerprint density at radius 2 is 1.57 bits per heavy atom. The number of carboxylic acid groups (broad SMARTS) is 1. The van der Waals surface area contributed by atoms with E-state index in [2.05, 4.69) is 55.4 Å². The van der Waals surface area contributed by atoms with Crippen LogP contribution in [0.15, 0.2) is 39.1 Å². The van der Waals surface area contributed by atoms with E-state index in [4.69, 9.17) is 14.6 Å². The molecule has 200 valence electrons. The Kier molecular flexibility index (Phi) is 7.36. The molecule has 3 aliphatic rings. The van der Waals surface area contributed by atoms with Gasteiger partial charge < -0.3 is 19.5 Å². The Morgan fingerprint density at radius 1 is 1.03 bits per heavy atom. The zero-order chi connectivity index (χ0) is 27.3. The first-order chi connectivity index (χ1) is 17.3. The van der Waals surface area contributed by atoms with E-state index in [-0.39, 0.29) is 28.1 Å². The molecule has 0 atom stereocenters. The number of methoxy groups -OCH3 is 1. The van der Waals surface area contributed by atoms with Crippen LogP contribution in [-0.4, -0.2) is 47.8 Å². The number of carboxylic acids is 1. The molecule has 2 aliphatic carbocycles. The molecule has 1 aromatic carbocycles. The van der Waals surface area contributed by atoms with Crippen LogP contribution in [0.2, 0.25) is 0 Å². The van der Waals surface area contributed by atoms with Crippen molar-refractivity contribution in [2.24, 2.45) is 10.8 Å². The molecule has 7 nitrogen and oxygen atoms in total. The van der Waals surface area contributed by atoms with Crippen molar-refractivity contribution < 1.29 is 29.0 Å². The summed E-state index contributed by atoms with van der Waals surface area (Å²) in [5.41, 5.74) is 3.86. The van der Waals surface area contributed by atoms with E-state index in [1.54, 1.807) is 6.07 Å². The first kappa shape index (κ1) is 27.4. The SMILES string of the molecule is CCCN1C2=C(C(=O)CC(C)(C)C2)C(c2cc(Br)c(OCC(=O)O)c(OC)c2)C2=C1CC(C)(C)CC2=O. The molecule has 0 spiro atoms. The number of nitrogens with zero attached hydrogens (tertiary/aromatic N) is 1. The number of hydrogen-bond acceptors (Lipinski definition) is 6. The molecule has 0 fully saturated rings. The van der Waals surface area contributed by atoms with Gasteiger partial charge in [0, 0.05) is 47.8 Å². The van der Waals surface area contributed by atoms with Crippen molar-refractivity contribution in [1.29, 1.82) is 0 Å². The molecule has 8 heteroatoms. The van der Waals surface area contributed by atoms with Crippen molar-refractivity contribution in [3.8, 4) is 11.5 Å². The number of allylic oxidation sites excluding steroid dienone is 4. The molecular weight excluding hydrogens is 538 g/mol. The number of carbonyl (C=O) groups is 3. The molecule has 0 bridgehead atoms. The molecule has 0 saturated heterocycles. The van der Waals surface area contributed by atoms with E-state index < -0.39 is 18.5 Å². The first-order valence-electron chi connectivity index (χ1n) is 12.8. The van der Waals surface area contributed by atoms with Gasteiger partial charge in [0.25, 0.3) is 0 Å². The number of ether oxygens (including phenoxy) is 2. The second-order valence-corrected chi connectivity index (χ2v) is 12.8. The molecule has 0 aromatic heterocycles. The van der Waals surface area contributed by atoms with E-state index in [1.165, 1.54) is 7.11 Å². The zero-order valence-corrected chi connectivity index (χ0v) is 24.1. The molecule has 0 saturated carbocycles. The van der Waals surface area contributed by atoms with Gasteiger partial charge in [-0.25, -0.2) is 4.79 Å². The molecule has 0 radical (unpaired) electrons. The number of carbonyl (C=O) groups excluding carboxylic acids is 2. The minimum absolute atomic E-state index is 0.0721. The molecule has 0 unspecified atom stereocenters. The van der Waals surface area contributed by atoms with Crippen molar-refractivity contribution in [1.82, 2.24) is 4.90 Å². The maximum Gasteiger partial charge on any atom is 0.341 e. The quantitative estimate of drug-likeness (QED) is 0.426. The van der Waals surface area contributed by atoms with Crippen LogP contribution in [0.5, 0.6) is 11.5 Å². The van der Waals surface area contributed by atoms with E-state index in [0.29, 0.717) is 34.2 Å². The monoisotopic (exact) mass is 573 g/mol. The van der Waals surface area contributed by atoms with Gasteiger partial charge in [0.1, 0.15) is 0 Å². The summed E-state index contributed by atoms with van der Waals surface area (Å²) < 4.78 is 11.6. The van der Waals surface area contributed by atoms with Crippen LogP contribution in [0.1, 0.15) is 78.2 Å². The fraction of sp³-hybridized carbons (Fsp3) is 0.552. The highest BCUT2D eigenvalue weighted by Crippen LogP contribution is 2.55. The second-order valence-electron chi connectivity index (χ2n) is 11.9. The minimum Gasteiger partial charge on any atom is -0.493 e. The summed E-state index contributed by atoms with van der Waals surface area (Å²) in [5, 5.41) is 9.08. The molecule has 1 aliphatic heterocycles. The Labute approximate surface area is 227 Å². The average molecular weight is 575 g/mol. The minimum atomic E-state index is -1.10. The molecule has 0 amide bonds. The Bertz CT molecular complexity index is 1170. The standard InChI is InChI=1S/C29H36BrNO6/c1-7-8-31-18-11-28(2,3)13-20(32)25(18)24(26-19(31)12-29(4,5)14-21(26)33)16-9-17(30)27(22(10-16)36-6)37-15-23(34)35/h9-10,24H,7-8,11-15H2,1-6H3,(H,34,35). The van der Waals surface area contributed by atoms with Crippen molar-refractivity contribution in [3.05, 3.63) is 44.7 Å². The molecule has 1 N–H and O–H groups in total.